The van der Waals surface area contributed by atoms with Gasteiger partial charge in [-0.1, -0.05) is 0 Å². The van der Waals surface area contributed by atoms with Gasteiger partial charge in [0, 0.05) is 25.7 Å². The number of likely N-dealkylation sites (tertiary alicyclic amines) is 1. The standard InChI is InChI=1S/C16H29N3O/c1-3-20-15-7-11-19(12-8-15)10-4-9-16(2,13-17)18-14-5-6-14/h14-15,18H,3-12H2,1-2H3. The van der Waals surface area contributed by atoms with Crippen LogP contribution in [0.1, 0.15) is 52.4 Å². The average molecular weight is 279 g/mol. The van der Waals surface area contributed by atoms with Crippen LogP contribution in [0.25, 0.3) is 0 Å². The first-order valence-electron chi connectivity index (χ1n) is 8.18. The van der Waals surface area contributed by atoms with E-state index >= 15 is 0 Å². The van der Waals surface area contributed by atoms with Crippen LogP contribution >= 0.6 is 0 Å². The first-order chi connectivity index (χ1) is 9.65. The molecule has 1 saturated carbocycles. The lowest BCUT2D eigenvalue weighted by molar-refractivity contribution is 0.0137. The van der Waals surface area contributed by atoms with Crippen LogP contribution < -0.4 is 5.32 Å². The van der Waals surface area contributed by atoms with Crippen LogP contribution in [0.5, 0.6) is 0 Å². The van der Waals surface area contributed by atoms with Crippen LogP contribution in [-0.2, 0) is 4.74 Å². The van der Waals surface area contributed by atoms with Crippen molar-refractivity contribution in [2.45, 2.75) is 70.1 Å². The average Bonchev–Trinajstić information content (AvgIpc) is 3.25. The van der Waals surface area contributed by atoms with Gasteiger partial charge in [0.1, 0.15) is 5.54 Å². The smallest absolute Gasteiger partial charge is 0.104 e. The summed E-state index contributed by atoms with van der Waals surface area (Å²) >= 11 is 0. The van der Waals surface area contributed by atoms with Gasteiger partial charge >= 0.3 is 0 Å². The minimum atomic E-state index is -0.329. The lowest BCUT2D eigenvalue weighted by Gasteiger charge is -2.32. The third-order valence-corrected chi connectivity index (χ3v) is 4.43. The summed E-state index contributed by atoms with van der Waals surface area (Å²) in [4.78, 5) is 2.52. The Morgan fingerprint density at radius 1 is 1.30 bits per heavy atom. The van der Waals surface area contributed by atoms with Crippen molar-refractivity contribution in [2.75, 3.05) is 26.2 Å². The van der Waals surface area contributed by atoms with Gasteiger partial charge in [-0.05, 0) is 58.9 Å². The van der Waals surface area contributed by atoms with Crippen molar-refractivity contribution in [2.24, 2.45) is 0 Å². The van der Waals surface area contributed by atoms with E-state index < -0.39 is 0 Å². The van der Waals surface area contributed by atoms with Gasteiger partial charge in [0.25, 0.3) is 0 Å². The van der Waals surface area contributed by atoms with Crippen molar-refractivity contribution in [1.82, 2.24) is 10.2 Å². The molecule has 0 amide bonds. The molecule has 2 fully saturated rings. The monoisotopic (exact) mass is 279 g/mol. The Labute approximate surface area is 123 Å². The summed E-state index contributed by atoms with van der Waals surface area (Å²) in [5.41, 5.74) is -0.329. The Morgan fingerprint density at radius 2 is 2.00 bits per heavy atom. The molecular weight excluding hydrogens is 250 g/mol. The summed E-state index contributed by atoms with van der Waals surface area (Å²) in [6.07, 6.45) is 7.31. The molecule has 1 unspecified atom stereocenters. The van der Waals surface area contributed by atoms with Crippen LogP contribution in [0.15, 0.2) is 0 Å². The minimum Gasteiger partial charge on any atom is -0.378 e. The molecule has 0 spiro atoms. The highest BCUT2D eigenvalue weighted by Gasteiger charge is 2.32. The lowest BCUT2D eigenvalue weighted by atomic mass is 9.97. The Hall–Kier alpha value is -0.630. The van der Waals surface area contributed by atoms with E-state index in [0.29, 0.717) is 12.1 Å². The summed E-state index contributed by atoms with van der Waals surface area (Å²) in [5.74, 6) is 0. The van der Waals surface area contributed by atoms with Crippen molar-refractivity contribution in [3.8, 4) is 6.07 Å². The van der Waals surface area contributed by atoms with E-state index in [1.54, 1.807) is 0 Å². The number of rotatable bonds is 8. The molecule has 1 heterocycles. The van der Waals surface area contributed by atoms with E-state index in [0.717, 1.165) is 51.9 Å². The number of hydrogen-bond donors (Lipinski definition) is 1. The van der Waals surface area contributed by atoms with Gasteiger partial charge in [0.15, 0.2) is 0 Å². The van der Waals surface area contributed by atoms with Crippen LogP contribution in [0.2, 0.25) is 0 Å². The van der Waals surface area contributed by atoms with Gasteiger partial charge < -0.3 is 9.64 Å². The first-order valence-corrected chi connectivity index (χ1v) is 8.18. The van der Waals surface area contributed by atoms with Gasteiger partial charge in [0.2, 0.25) is 0 Å². The van der Waals surface area contributed by atoms with Crippen molar-refractivity contribution in [1.29, 1.82) is 5.26 Å². The van der Waals surface area contributed by atoms with E-state index in [-0.39, 0.29) is 5.54 Å². The molecule has 0 aromatic heterocycles. The summed E-state index contributed by atoms with van der Waals surface area (Å²) in [6.45, 7) is 8.35. The molecule has 0 aromatic rings. The second kappa shape index (κ2) is 7.40. The Balaban J connectivity index is 1.62. The van der Waals surface area contributed by atoms with E-state index in [2.05, 4.69) is 23.2 Å². The fourth-order valence-corrected chi connectivity index (χ4v) is 3.03. The highest BCUT2D eigenvalue weighted by atomic mass is 16.5. The molecule has 4 nitrogen and oxygen atoms in total. The third kappa shape index (κ3) is 5.05. The zero-order chi connectivity index (χ0) is 14.4. The highest BCUT2D eigenvalue weighted by Crippen LogP contribution is 2.24. The molecule has 0 bridgehead atoms. The number of hydrogen-bond acceptors (Lipinski definition) is 4. The van der Waals surface area contributed by atoms with Crippen molar-refractivity contribution in [3.63, 3.8) is 0 Å². The van der Waals surface area contributed by atoms with Crippen LogP contribution in [0.4, 0.5) is 0 Å². The van der Waals surface area contributed by atoms with Crippen LogP contribution in [0, 0.1) is 11.3 Å². The fraction of sp³-hybridized carbons (Fsp3) is 0.938. The largest absolute Gasteiger partial charge is 0.378 e. The fourth-order valence-electron chi connectivity index (χ4n) is 3.03. The Bertz CT molecular complexity index is 329. The molecule has 4 heteroatoms. The van der Waals surface area contributed by atoms with E-state index in [1.165, 1.54) is 12.8 Å². The second-order valence-electron chi connectivity index (χ2n) is 6.46. The SMILES string of the molecule is CCOC1CCN(CCCC(C)(C#N)NC2CC2)CC1. The first kappa shape index (κ1) is 15.8. The van der Waals surface area contributed by atoms with Crippen molar-refractivity contribution >= 4 is 0 Å². The highest BCUT2D eigenvalue weighted by molar-refractivity contribution is 5.07. The number of nitrogens with one attached hydrogen (secondary N) is 1. The Morgan fingerprint density at radius 3 is 2.55 bits per heavy atom. The van der Waals surface area contributed by atoms with Crippen molar-refractivity contribution < 1.29 is 4.74 Å². The third-order valence-electron chi connectivity index (χ3n) is 4.43. The zero-order valence-electron chi connectivity index (χ0n) is 13.0. The molecule has 20 heavy (non-hydrogen) atoms. The predicted molar refractivity (Wildman–Crippen MR) is 80.5 cm³/mol. The zero-order valence-corrected chi connectivity index (χ0v) is 13.0. The van der Waals surface area contributed by atoms with E-state index in [4.69, 9.17) is 4.74 Å². The van der Waals surface area contributed by atoms with Gasteiger partial charge in [0.05, 0.1) is 12.2 Å². The maximum atomic E-state index is 9.35. The normalized spacial score (nSPS) is 24.2. The second-order valence-corrected chi connectivity index (χ2v) is 6.46. The molecule has 1 saturated heterocycles. The van der Waals surface area contributed by atoms with Crippen LogP contribution in [-0.4, -0.2) is 48.8 Å². The maximum Gasteiger partial charge on any atom is 0.104 e. The Kier molecular flexibility index (Phi) is 5.83. The number of nitriles is 1. The molecule has 1 aliphatic carbocycles. The molecule has 114 valence electrons. The summed E-state index contributed by atoms with van der Waals surface area (Å²) < 4.78 is 5.68. The topological polar surface area (TPSA) is 48.3 Å². The summed E-state index contributed by atoms with van der Waals surface area (Å²) in [5, 5.41) is 12.8. The summed E-state index contributed by atoms with van der Waals surface area (Å²) in [7, 11) is 0. The molecule has 1 aliphatic heterocycles. The number of nitrogens with zero attached hydrogens (tertiary/aromatic N) is 2. The van der Waals surface area contributed by atoms with Gasteiger partial charge in [-0.15, -0.1) is 0 Å². The summed E-state index contributed by atoms with van der Waals surface area (Å²) in [6, 6.07) is 3.06. The van der Waals surface area contributed by atoms with Gasteiger partial charge in [-0.25, -0.2) is 0 Å². The molecular formula is C16H29N3O. The minimum absolute atomic E-state index is 0.329. The lowest BCUT2D eigenvalue weighted by Crippen LogP contribution is -2.43. The van der Waals surface area contributed by atoms with E-state index in [9.17, 15) is 5.26 Å². The molecule has 1 N–H and O–H groups in total. The van der Waals surface area contributed by atoms with Crippen molar-refractivity contribution in [3.05, 3.63) is 0 Å². The molecule has 2 aliphatic rings. The van der Waals surface area contributed by atoms with Gasteiger partial charge in [-0.3, -0.25) is 5.32 Å². The number of ether oxygens (including phenoxy) is 1. The molecule has 1 atom stereocenters. The van der Waals surface area contributed by atoms with E-state index in [1.807, 2.05) is 6.92 Å². The molecule has 2 rings (SSSR count). The molecule has 0 radical (unpaired) electrons. The molecule has 0 aromatic carbocycles. The predicted octanol–water partition coefficient (Wildman–Crippen LogP) is 2.30. The maximum absolute atomic E-state index is 9.35. The number of piperidine rings is 1. The quantitative estimate of drug-likeness (QED) is 0.740. The van der Waals surface area contributed by atoms with Crippen LogP contribution in [0.3, 0.4) is 0 Å². The van der Waals surface area contributed by atoms with Gasteiger partial charge in [-0.2, -0.15) is 5.26 Å².